The Morgan fingerprint density at radius 2 is 1.84 bits per heavy atom. The molecule has 2 atom stereocenters. The first-order valence-corrected chi connectivity index (χ1v) is 18.4. The fourth-order valence-corrected chi connectivity index (χ4v) is 8.38. The fourth-order valence-electron chi connectivity index (χ4n) is 6.63. The van der Waals surface area contributed by atoms with Crippen LogP contribution in [0, 0.1) is 12.3 Å². The lowest BCUT2D eigenvalue weighted by Gasteiger charge is -2.44. The number of aliphatic hydroxyl groups is 1. The number of rotatable bonds is 11. The van der Waals surface area contributed by atoms with E-state index in [2.05, 4.69) is 49.2 Å². The predicted octanol–water partition coefficient (Wildman–Crippen LogP) is 5.78. The van der Waals surface area contributed by atoms with Gasteiger partial charge in [-0.1, -0.05) is 24.3 Å². The number of benzene rings is 2. The molecule has 0 saturated carbocycles. The highest BCUT2D eigenvalue weighted by Crippen LogP contribution is 2.53. The van der Waals surface area contributed by atoms with Crippen LogP contribution in [0.15, 0.2) is 64.8 Å². The molecule has 1 aliphatic heterocycles. The van der Waals surface area contributed by atoms with Gasteiger partial charge in [0.05, 0.1) is 32.6 Å². The highest BCUT2D eigenvalue weighted by atomic mass is 32.2. The maximum atomic E-state index is 13.3. The van der Waals surface area contributed by atoms with E-state index < -0.39 is 11.4 Å². The Balaban J connectivity index is 1.15. The number of hydrogen-bond acceptors (Lipinski definition) is 12. The van der Waals surface area contributed by atoms with E-state index in [0.717, 1.165) is 55.2 Å². The Morgan fingerprint density at radius 3 is 2.55 bits per heavy atom. The normalized spacial score (nSPS) is 17.6. The zero-order valence-corrected chi connectivity index (χ0v) is 30.6. The number of aliphatic hydroxyl groups excluding tert-OH is 1. The van der Waals surface area contributed by atoms with E-state index in [0.29, 0.717) is 34.0 Å². The first-order chi connectivity index (χ1) is 23.5. The molecular formula is C36H45N7O4S2. The number of aryl methyl sites for hydroxylation is 1. The van der Waals surface area contributed by atoms with Gasteiger partial charge in [-0.15, -0.1) is 4.72 Å². The van der Waals surface area contributed by atoms with Gasteiger partial charge in [-0.3, -0.25) is 0 Å². The van der Waals surface area contributed by atoms with Crippen LogP contribution < -0.4 is 24.4 Å². The molecule has 1 spiro atoms. The standard InChI is InChI=1S/C36H45N7O4S2/c1-23-33(48-30-13-16-37-34(41-30)38-21-25-11-12-26(46-5)19-29(25)47-6)40-28(22-44)32(39-23)43-17-14-36(15-18-43)20-24-9-7-8-10-27(24)31(36)42-49(45)35(2,3)4/h7-13,16,19,31,42,44H,14-15,17-18,20-22H2,1-6H3,(H,37,38,41)/t31-,49+/m1/s1. The van der Waals surface area contributed by atoms with Gasteiger partial charge in [0.15, 0.2) is 5.82 Å². The Labute approximate surface area is 296 Å². The highest BCUT2D eigenvalue weighted by Gasteiger charge is 2.50. The molecule has 2 aromatic heterocycles. The summed E-state index contributed by atoms with van der Waals surface area (Å²) < 4.78 is 27.3. The molecule has 6 rings (SSSR count). The Morgan fingerprint density at radius 1 is 1.06 bits per heavy atom. The van der Waals surface area contributed by atoms with Crippen molar-refractivity contribution >= 4 is 34.9 Å². The minimum Gasteiger partial charge on any atom is -0.598 e. The lowest BCUT2D eigenvalue weighted by atomic mass is 9.73. The third-order valence-electron chi connectivity index (χ3n) is 9.35. The van der Waals surface area contributed by atoms with E-state index in [1.54, 1.807) is 20.4 Å². The SMILES string of the molecule is COc1ccc(CNc2nccc(Sc3nc(CO)c(N4CCC5(CC4)Cc4ccccc4[C@H]5N[S@@+]([O-])C(C)(C)C)nc3C)n2)c(OC)c1. The van der Waals surface area contributed by atoms with Crippen LogP contribution in [-0.4, -0.2) is 61.7 Å². The number of hydrogen-bond donors (Lipinski definition) is 3. The summed E-state index contributed by atoms with van der Waals surface area (Å²) in [7, 11) is 3.25. The molecule has 1 saturated heterocycles. The molecule has 0 unspecified atom stereocenters. The van der Waals surface area contributed by atoms with Crippen molar-refractivity contribution in [3.63, 3.8) is 0 Å². The summed E-state index contributed by atoms with van der Waals surface area (Å²) in [6.07, 6.45) is 4.47. The molecule has 3 heterocycles. The van der Waals surface area contributed by atoms with Crippen molar-refractivity contribution in [2.75, 3.05) is 37.5 Å². The molecule has 49 heavy (non-hydrogen) atoms. The van der Waals surface area contributed by atoms with Gasteiger partial charge in [-0.25, -0.2) is 19.9 Å². The van der Waals surface area contributed by atoms with Gasteiger partial charge in [0.25, 0.3) is 0 Å². The van der Waals surface area contributed by atoms with Crippen LogP contribution in [0.1, 0.15) is 67.7 Å². The van der Waals surface area contributed by atoms with Crippen molar-refractivity contribution < 1.29 is 19.1 Å². The zero-order valence-electron chi connectivity index (χ0n) is 28.9. The van der Waals surface area contributed by atoms with E-state index in [1.807, 2.05) is 52.0 Å². The minimum absolute atomic E-state index is 0.0142. The Kier molecular flexibility index (Phi) is 10.6. The van der Waals surface area contributed by atoms with Crippen molar-refractivity contribution in [3.05, 3.63) is 82.8 Å². The van der Waals surface area contributed by atoms with E-state index in [4.69, 9.17) is 19.4 Å². The van der Waals surface area contributed by atoms with Gasteiger partial charge >= 0.3 is 0 Å². The zero-order chi connectivity index (χ0) is 34.8. The van der Waals surface area contributed by atoms with Crippen molar-refractivity contribution in [2.24, 2.45) is 5.41 Å². The molecule has 260 valence electrons. The summed E-state index contributed by atoms with van der Waals surface area (Å²) >= 11 is 0.198. The maximum absolute atomic E-state index is 13.3. The number of anilines is 2. The molecular weight excluding hydrogens is 659 g/mol. The number of methoxy groups -OCH3 is 2. The molecule has 1 aliphatic carbocycles. The molecule has 13 heteroatoms. The molecule has 0 radical (unpaired) electrons. The van der Waals surface area contributed by atoms with Crippen LogP contribution in [-0.2, 0) is 30.9 Å². The van der Waals surface area contributed by atoms with Crippen molar-refractivity contribution in [1.82, 2.24) is 24.7 Å². The second kappa shape index (κ2) is 14.7. The summed E-state index contributed by atoms with van der Waals surface area (Å²) in [6.45, 7) is 9.74. The van der Waals surface area contributed by atoms with Crippen molar-refractivity contribution in [3.8, 4) is 11.5 Å². The van der Waals surface area contributed by atoms with Crippen molar-refractivity contribution in [2.45, 2.75) is 80.9 Å². The number of ether oxygens (including phenoxy) is 2. The summed E-state index contributed by atoms with van der Waals surface area (Å²) in [6, 6.07) is 16.1. The van der Waals surface area contributed by atoms with E-state index >= 15 is 0 Å². The average molecular weight is 704 g/mol. The van der Waals surface area contributed by atoms with E-state index in [1.165, 1.54) is 22.9 Å². The largest absolute Gasteiger partial charge is 0.598 e. The minimum atomic E-state index is -1.19. The smallest absolute Gasteiger partial charge is 0.223 e. The summed E-state index contributed by atoms with van der Waals surface area (Å²) in [5, 5.41) is 15.1. The number of nitrogens with one attached hydrogen (secondary N) is 2. The number of piperidine rings is 1. The third-order valence-corrected chi connectivity index (χ3v) is 11.9. The molecule has 0 amide bonds. The van der Waals surface area contributed by atoms with Crippen LogP contribution >= 0.6 is 11.8 Å². The highest BCUT2D eigenvalue weighted by molar-refractivity contribution is 7.99. The van der Waals surface area contributed by atoms with Gasteiger partial charge in [-0.2, -0.15) is 0 Å². The van der Waals surface area contributed by atoms with Crippen LogP contribution in [0.2, 0.25) is 0 Å². The molecule has 11 nitrogen and oxygen atoms in total. The van der Waals surface area contributed by atoms with Crippen LogP contribution in [0.25, 0.3) is 0 Å². The Hall–Kier alpha value is -3.62. The molecule has 2 aromatic carbocycles. The predicted molar refractivity (Wildman–Crippen MR) is 194 cm³/mol. The molecule has 1 fully saturated rings. The fraction of sp³-hybridized carbons (Fsp3) is 0.444. The molecule has 3 N–H and O–H groups in total. The van der Waals surface area contributed by atoms with Crippen LogP contribution in [0.4, 0.5) is 11.8 Å². The van der Waals surface area contributed by atoms with E-state index in [-0.39, 0.29) is 22.8 Å². The number of fused-ring (bicyclic) bond motifs is 1. The van der Waals surface area contributed by atoms with Crippen LogP contribution in [0.5, 0.6) is 11.5 Å². The summed E-state index contributed by atoms with van der Waals surface area (Å²) in [4.78, 5) is 21.2. The second-order valence-corrected chi connectivity index (χ2v) is 16.6. The number of aromatic nitrogens is 4. The molecule has 2 aliphatic rings. The molecule has 0 bridgehead atoms. The lowest BCUT2D eigenvalue weighted by molar-refractivity contribution is 0.175. The lowest BCUT2D eigenvalue weighted by Crippen LogP contribution is -2.50. The summed E-state index contributed by atoms with van der Waals surface area (Å²) in [5.74, 6) is 2.63. The monoisotopic (exact) mass is 703 g/mol. The van der Waals surface area contributed by atoms with Gasteiger partial charge in [0.2, 0.25) is 5.95 Å². The quantitative estimate of drug-likeness (QED) is 0.129. The maximum Gasteiger partial charge on any atom is 0.223 e. The first kappa shape index (κ1) is 35.2. The van der Waals surface area contributed by atoms with Crippen LogP contribution in [0.3, 0.4) is 0 Å². The second-order valence-electron chi connectivity index (χ2n) is 13.6. The van der Waals surface area contributed by atoms with E-state index in [9.17, 15) is 9.66 Å². The van der Waals surface area contributed by atoms with Gasteiger partial charge in [0.1, 0.15) is 32.0 Å². The average Bonchev–Trinajstić information content (AvgIpc) is 3.39. The summed E-state index contributed by atoms with van der Waals surface area (Å²) in [5.41, 5.74) is 4.79. The number of nitrogens with zero attached hydrogens (tertiary/aromatic N) is 5. The van der Waals surface area contributed by atoms with Gasteiger partial charge in [-0.05, 0) is 88.0 Å². The third kappa shape index (κ3) is 7.60. The molecule has 4 aromatic rings. The topological polar surface area (TPSA) is 141 Å². The van der Waals surface area contributed by atoms with Gasteiger partial charge < -0.3 is 29.3 Å². The van der Waals surface area contributed by atoms with Gasteiger partial charge in [0, 0.05) is 54.2 Å². The first-order valence-electron chi connectivity index (χ1n) is 16.5. The van der Waals surface area contributed by atoms with Crippen molar-refractivity contribution in [1.29, 1.82) is 0 Å². The Bertz CT molecular complexity index is 1780.